The molecule has 0 fully saturated rings. The fourth-order valence-electron chi connectivity index (χ4n) is 0.977. The number of H-pyrrole nitrogens is 1. The minimum absolute atomic E-state index is 0.0441. The molecular formula is C10H16BrN3O. The van der Waals surface area contributed by atoms with Gasteiger partial charge in [-0.05, 0) is 22.4 Å². The van der Waals surface area contributed by atoms with Gasteiger partial charge >= 0.3 is 0 Å². The number of nitrogens with zero attached hydrogens (tertiary/aromatic N) is 1. The summed E-state index contributed by atoms with van der Waals surface area (Å²) in [5.41, 5.74) is 0.573. The van der Waals surface area contributed by atoms with Gasteiger partial charge in [0.25, 0.3) is 0 Å². The molecule has 0 aliphatic rings. The highest BCUT2D eigenvalue weighted by molar-refractivity contribution is 9.10. The number of nitrogens with one attached hydrogen (secondary N) is 2. The summed E-state index contributed by atoms with van der Waals surface area (Å²) in [7, 11) is 0. The van der Waals surface area contributed by atoms with Crippen molar-refractivity contribution in [3.8, 4) is 0 Å². The Balaban J connectivity index is 2.82. The van der Waals surface area contributed by atoms with Crippen molar-refractivity contribution in [2.45, 2.75) is 34.1 Å². The fraction of sp³-hybridized carbons (Fsp3) is 0.600. The van der Waals surface area contributed by atoms with Crippen molar-refractivity contribution in [2.24, 2.45) is 5.41 Å². The number of carbonyl (C=O) groups excluding carboxylic acids is 1. The molecule has 1 heterocycles. The van der Waals surface area contributed by atoms with Crippen LogP contribution in [0.5, 0.6) is 0 Å². The van der Waals surface area contributed by atoms with E-state index in [9.17, 15) is 4.79 Å². The van der Waals surface area contributed by atoms with Gasteiger partial charge in [-0.1, -0.05) is 27.7 Å². The summed E-state index contributed by atoms with van der Waals surface area (Å²) in [5.74, 6) is 0.518. The molecule has 84 valence electrons. The van der Waals surface area contributed by atoms with Crippen LogP contribution in [-0.4, -0.2) is 16.1 Å². The van der Waals surface area contributed by atoms with Crippen molar-refractivity contribution >= 4 is 27.7 Å². The molecule has 1 amide bonds. The number of amides is 1. The van der Waals surface area contributed by atoms with Gasteiger partial charge < -0.3 is 5.32 Å². The maximum atomic E-state index is 11.7. The van der Waals surface area contributed by atoms with Gasteiger partial charge in [0, 0.05) is 5.41 Å². The number of aryl methyl sites for hydroxylation is 1. The molecule has 4 nitrogen and oxygen atoms in total. The highest BCUT2D eigenvalue weighted by Crippen LogP contribution is 2.25. The predicted octanol–water partition coefficient (Wildman–Crippen LogP) is 2.72. The quantitative estimate of drug-likeness (QED) is 0.871. The van der Waals surface area contributed by atoms with E-state index in [2.05, 4.69) is 31.4 Å². The number of carbonyl (C=O) groups is 1. The van der Waals surface area contributed by atoms with E-state index in [0.29, 0.717) is 5.82 Å². The number of halogens is 1. The van der Waals surface area contributed by atoms with Gasteiger partial charge in [0.15, 0.2) is 5.82 Å². The molecule has 0 bridgehead atoms. The summed E-state index contributed by atoms with van der Waals surface area (Å²) in [6, 6.07) is 0. The first-order valence-electron chi connectivity index (χ1n) is 4.90. The van der Waals surface area contributed by atoms with E-state index in [1.165, 1.54) is 0 Å². The summed E-state index contributed by atoms with van der Waals surface area (Å²) >= 11 is 3.40. The van der Waals surface area contributed by atoms with Crippen LogP contribution in [0.1, 0.15) is 33.4 Å². The van der Waals surface area contributed by atoms with Crippen molar-refractivity contribution in [1.29, 1.82) is 0 Å². The Morgan fingerprint density at radius 3 is 2.53 bits per heavy atom. The zero-order chi connectivity index (χ0) is 11.6. The Labute approximate surface area is 98.0 Å². The molecular weight excluding hydrogens is 258 g/mol. The second kappa shape index (κ2) is 4.35. The molecule has 0 aliphatic heterocycles. The van der Waals surface area contributed by atoms with Crippen molar-refractivity contribution in [3.63, 3.8) is 0 Å². The van der Waals surface area contributed by atoms with Crippen LogP contribution in [0.25, 0.3) is 0 Å². The van der Waals surface area contributed by atoms with Crippen molar-refractivity contribution < 1.29 is 4.79 Å². The van der Waals surface area contributed by atoms with Gasteiger partial charge in [-0.2, -0.15) is 5.10 Å². The lowest BCUT2D eigenvalue weighted by Gasteiger charge is -2.16. The standard InChI is InChI=1S/C10H16BrN3O/c1-5-6-7(11)8(14-13-6)12-9(15)10(2,3)4/h5H2,1-4H3,(H2,12,13,14,15). The molecule has 0 unspecified atom stereocenters. The number of aromatic nitrogens is 2. The third kappa shape index (κ3) is 2.81. The molecule has 5 heteroatoms. The topological polar surface area (TPSA) is 57.8 Å². The summed E-state index contributed by atoms with van der Waals surface area (Å²) in [5, 5.41) is 9.68. The Hall–Kier alpha value is -0.840. The highest BCUT2D eigenvalue weighted by atomic mass is 79.9. The number of hydrogen-bond acceptors (Lipinski definition) is 2. The molecule has 1 aromatic heterocycles. The monoisotopic (exact) mass is 273 g/mol. The van der Waals surface area contributed by atoms with Crippen LogP contribution in [0.4, 0.5) is 5.82 Å². The molecule has 1 rings (SSSR count). The first kappa shape index (κ1) is 12.2. The maximum Gasteiger partial charge on any atom is 0.230 e. The lowest BCUT2D eigenvalue weighted by molar-refractivity contribution is -0.123. The molecule has 0 saturated heterocycles. The minimum Gasteiger partial charge on any atom is -0.308 e. The average molecular weight is 274 g/mol. The Morgan fingerprint density at radius 2 is 2.13 bits per heavy atom. The molecule has 0 aliphatic carbocycles. The zero-order valence-electron chi connectivity index (χ0n) is 9.44. The minimum atomic E-state index is -0.412. The van der Waals surface area contributed by atoms with Crippen LogP contribution < -0.4 is 5.32 Å². The first-order chi connectivity index (χ1) is 6.86. The van der Waals surface area contributed by atoms with Crippen LogP contribution >= 0.6 is 15.9 Å². The van der Waals surface area contributed by atoms with Gasteiger partial charge in [-0.15, -0.1) is 0 Å². The number of rotatable bonds is 2. The maximum absolute atomic E-state index is 11.7. The third-order valence-corrected chi connectivity index (χ3v) is 2.90. The van der Waals surface area contributed by atoms with Crippen LogP contribution in [0.3, 0.4) is 0 Å². The Bertz CT molecular complexity index is 365. The first-order valence-corrected chi connectivity index (χ1v) is 5.69. The van der Waals surface area contributed by atoms with E-state index < -0.39 is 5.41 Å². The predicted molar refractivity (Wildman–Crippen MR) is 63.8 cm³/mol. The normalized spacial score (nSPS) is 11.5. The van der Waals surface area contributed by atoms with Crippen LogP contribution in [0.15, 0.2) is 4.47 Å². The molecule has 0 saturated carbocycles. The lowest BCUT2D eigenvalue weighted by atomic mass is 9.96. The third-order valence-electron chi connectivity index (χ3n) is 2.04. The molecule has 0 aromatic carbocycles. The fourth-order valence-corrected chi connectivity index (χ4v) is 1.53. The van der Waals surface area contributed by atoms with Crippen LogP contribution in [-0.2, 0) is 11.2 Å². The number of hydrogen-bond donors (Lipinski definition) is 2. The molecule has 2 N–H and O–H groups in total. The molecule has 0 atom stereocenters. The smallest absolute Gasteiger partial charge is 0.230 e. The van der Waals surface area contributed by atoms with E-state index in [4.69, 9.17) is 0 Å². The van der Waals surface area contributed by atoms with E-state index >= 15 is 0 Å². The van der Waals surface area contributed by atoms with E-state index in [1.54, 1.807) is 0 Å². The highest BCUT2D eigenvalue weighted by Gasteiger charge is 2.23. The van der Waals surface area contributed by atoms with E-state index in [-0.39, 0.29) is 5.91 Å². The van der Waals surface area contributed by atoms with Gasteiger partial charge in [0.2, 0.25) is 5.91 Å². The lowest BCUT2D eigenvalue weighted by Crippen LogP contribution is -2.27. The SMILES string of the molecule is CCc1[nH]nc(NC(=O)C(C)(C)C)c1Br. The second-order valence-electron chi connectivity index (χ2n) is 4.42. The Morgan fingerprint density at radius 1 is 1.53 bits per heavy atom. The summed E-state index contributed by atoms with van der Waals surface area (Å²) in [4.78, 5) is 11.7. The van der Waals surface area contributed by atoms with Gasteiger partial charge in [0.1, 0.15) is 0 Å². The van der Waals surface area contributed by atoms with Gasteiger partial charge in [0.05, 0.1) is 10.2 Å². The Kier molecular flexibility index (Phi) is 3.54. The summed E-state index contributed by atoms with van der Waals surface area (Å²) in [6.45, 7) is 7.62. The zero-order valence-corrected chi connectivity index (χ0v) is 11.0. The molecule has 1 aromatic rings. The molecule has 0 spiro atoms. The number of aromatic amines is 1. The summed E-state index contributed by atoms with van der Waals surface area (Å²) < 4.78 is 0.836. The molecule has 0 radical (unpaired) electrons. The number of anilines is 1. The second-order valence-corrected chi connectivity index (χ2v) is 5.22. The summed E-state index contributed by atoms with van der Waals surface area (Å²) in [6.07, 6.45) is 0.846. The van der Waals surface area contributed by atoms with Crippen molar-refractivity contribution in [2.75, 3.05) is 5.32 Å². The largest absolute Gasteiger partial charge is 0.308 e. The van der Waals surface area contributed by atoms with Gasteiger partial charge in [-0.3, -0.25) is 9.89 Å². The van der Waals surface area contributed by atoms with Crippen molar-refractivity contribution in [1.82, 2.24) is 10.2 Å². The van der Waals surface area contributed by atoms with E-state index in [0.717, 1.165) is 16.6 Å². The van der Waals surface area contributed by atoms with E-state index in [1.807, 2.05) is 27.7 Å². The van der Waals surface area contributed by atoms with Crippen LogP contribution in [0, 0.1) is 5.41 Å². The molecule has 15 heavy (non-hydrogen) atoms. The average Bonchev–Trinajstić information content (AvgIpc) is 2.46. The van der Waals surface area contributed by atoms with Gasteiger partial charge in [-0.25, -0.2) is 0 Å². The van der Waals surface area contributed by atoms with Crippen molar-refractivity contribution in [3.05, 3.63) is 10.2 Å². The van der Waals surface area contributed by atoms with Crippen LogP contribution in [0.2, 0.25) is 0 Å².